The van der Waals surface area contributed by atoms with Gasteiger partial charge in [-0.2, -0.15) is 0 Å². The van der Waals surface area contributed by atoms with Gasteiger partial charge in [0.05, 0.1) is 18.1 Å². The van der Waals surface area contributed by atoms with Crippen molar-refractivity contribution in [2.75, 3.05) is 32.8 Å². The Balaban J connectivity index is 1.97. The smallest absolute Gasteiger partial charge is 0.312 e. The van der Waals surface area contributed by atoms with Crippen LogP contribution in [0.5, 0.6) is 0 Å². The number of fused-ring (bicyclic) bond motifs is 1. The minimum atomic E-state index is -1.06. The highest BCUT2D eigenvalue weighted by Gasteiger charge is 2.80. The third-order valence-electron chi connectivity index (χ3n) is 8.85. The summed E-state index contributed by atoms with van der Waals surface area (Å²) in [6.07, 6.45) is 10.4. The molecule has 0 radical (unpaired) electrons. The summed E-state index contributed by atoms with van der Waals surface area (Å²) >= 11 is 0. The molecule has 0 aromatic heterocycles. The summed E-state index contributed by atoms with van der Waals surface area (Å²) in [5, 5.41) is 9.23. The van der Waals surface area contributed by atoms with Crippen molar-refractivity contribution in [1.82, 2.24) is 9.80 Å². The molecular weight excluding hydrogens is 484 g/mol. The van der Waals surface area contributed by atoms with E-state index in [-0.39, 0.29) is 30.9 Å². The topological polar surface area (TPSA) is 96.4 Å². The highest BCUT2D eigenvalue weighted by Crippen LogP contribution is 2.65. The van der Waals surface area contributed by atoms with Crippen molar-refractivity contribution >= 4 is 17.8 Å². The van der Waals surface area contributed by atoms with E-state index in [1.807, 2.05) is 13.8 Å². The van der Waals surface area contributed by atoms with Crippen LogP contribution >= 0.6 is 0 Å². The summed E-state index contributed by atoms with van der Waals surface area (Å²) in [5.74, 6) is -2.26. The molecule has 0 saturated carbocycles. The molecule has 3 saturated heterocycles. The lowest BCUT2D eigenvalue weighted by Gasteiger charge is -2.37. The molecule has 3 heterocycles. The number of hydrogen-bond donors (Lipinski definition) is 1. The van der Waals surface area contributed by atoms with E-state index in [9.17, 15) is 19.5 Å². The van der Waals surface area contributed by atoms with E-state index < -0.39 is 35.0 Å². The van der Waals surface area contributed by atoms with Crippen LogP contribution in [0.25, 0.3) is 0 Å². The summed E-state index contributed by atoms with van der Waals surface area (Å²) in [6.45, 7) is 15.4. The van der Waals surface area contributed by atoms with Crippen molar-refractivity contribution in [1.29, 1.82) is 0 Å². The molecule has 3 unspecified atom stereocenters. The van der Waals surface area contributed by atoms with Gasteiger partial charge in [-0.25, -0.2) is 0 Å². The first kappa shape index (κ1) is 30.4. The van der Waals surface area contributed by atoms with Gasteiger partial charge >= 0.3 is 5.97 Å². The first-order valence-electron chi connectivity index (χ1n) is 14.5. The van der Waals surface area contributed by atoms with Gasteiger partial charge in [0.1, 0.15) is 17.6 Å². The first-order chi connectivity index (χ1) is 18.2. The maximum atomic E-state index is 14.3. The van der Waals surface area contributed by atoms with Crippen LogP contribution in [0.4, 0.5) is 0 Å². The molecule has 3 aliphatic heterocycles. The second-order valence-corrected chi connectivity index (χ2v) is 11.4. The van der Waals surface area contributed by atoms with Crippen LogP contribution in [0, 0.1) is 17.8 Å². The molecule has 2 bridgehead atoms. The van der Waals surface area contributed by atoms with Gasteiger partial charge in [0.25, 0.3) is 0 Å². The van der Waals surface area contributed by atoms with Gasteiger partial charge in [0, 0.05) is 26.2 Å². The largest absolute Gasteiger partial charge is 0.465 e. The van der Waals surface area contributed by atoms with Crippen molar-refractivity contribution in [3.63, 3.8) is 0 Å². The Morgan fingerprint density at radius 2 is 1.95 bits per heavy atom. The molecule has 3 fully saturated rings. The number of rotatable bonds is 17. The number of esters is 1. The molecular formula is C30H48N2O6. The monoisotopic (exact) mass is 532 g/mol. The molecule has 8 nitrogen and oxygen atoms in total. The highest BCUT2D eigenvalue weighted by molar-refractivity contribution is 5.98. The zero-order valence-electron chi connectivity index (χ0n) is 23.7. The van der Waals surface area contributed by atoms with Gasteiger partial charge in [-0.3, -0.25) is 14.4 Å². The fraction of sp³-hybridized carbons (Fsp3) is 0.767. The predicted molar refractivity (Wildman–Crippen MR) is 146 cm³/mol. The maximum Gasteiger partial charge on any atom is 0.312 e. The van der Waals surface area contributed by atoms with Gasteiger partial charge in [-0.15, -0.1) is 13.2 Å². The maximum absolute atomic E-state index is 14.3. The number of carbonyl (C=O) groups excluding carboxylic acids is 3. The average Bonchev–Trinajstić information content (AvgIpc) is 3.40. The van der Waals surface area contributed by atoms with Crippen LogP contribution in [0.2, 0.25) is 0 Å². The first-order valence-corrected chi connectivity index (χ1v) is 14.5. The predicted octanol–water partition coefficient (Wildman–Crippen LogP) is 3.87. The summed E-state index contributed by atoms with van der Waals surface area (Å²) in [7, 11) is 0. The van der Waals surface area contributed by atoms with Crippen LogP contribution in [-0.4, -0.2) is 82.8 Å². The SMILES string of the molecule is C=CCCCOC(=O)[C@@H]1[C@H]2C(=O)N(CCCCCO)C(C(=O)N(CC=C)CCCCC)C23CC(C)[C@@]1(C)O3. The van der Waals surface area contributed by atoms with Crippen molar-refractivity contribution in [2.45, 2.75) is 95.8 Å². The summed E-state index contributed by atoms with van der Waals surface area (Å²) in [4.78, 5) is 45.3. The van der Waals surface area contributed by atoms with E-state index in [1.54, 1.807) is 22.0 Å². The van der Waals surface area contributed by atoms with Gasteiger partial charge in [0.2, 0.25) is 11.8 Å². The van der Waals surface area contributed by atoms with Crippen molar-refractivity contribution in [3.8, 4) is 0 Å². The van der Waals surface area contributed by atoms with Gasteiger partial charge in [-0.05, 0) is 57.8 Å². The molecule has 1 spiro atoms. The number of carbonyl (C=O) groups is 3. The number of amides is 2. The molecule has 8 heteroatoms. The number of allylic oxidation sites excluding steroid dienone is 1. The van der Waals surface area contributed by atoms with Crippen LogP contribution in [0.15, 0.2) is 25.3 Å². The number of aliphatic hydroxyl groups excluding tert-OH is 1. The molecule has 0 aromatic rings. The quantitative estimate of drug-likeness (QED) is 0.174. The molecule has 38 heavy (non-hydrogen) atoms. The standard InChI is InChI=1S/C30H48N2O6/c1-6-9-12-17-31(16-8-3)27(35)25-30-21-22(4)29(5,38-30)24(28(36)37-20-15-10-7-2)23(30)26(34)32(25)18-13-11-14-19-33/h7-8,22-25,33H,2-3,6,9-21H2,1,4-5H3/t22?,23-,24-,25?,29+,30?/m0/s1. The number of nitrogens with zero attached hydrogens (tertiary/aromatic N) is 2. The zero-order valence-corrected chi connectivity index (χ0v) is 23.7. The highest BCUT2D eigenvalue weighted by atomic mass is 16.6. The lowest BCUT2D eigenvalue weighted by atomic mass is 9.62. The zero-order chi connectivity index (χ0) is 27.9. The van der Waals surface area contributed by atoms with Gasteiger partial charge in [-0.1, -0.05) is 38.8 Å². The number of unbranched alkanes of at least 4 members (excludes halogenated alkanes) is 5. The summed E-state index contributed by atoms with van der Waals surface area (Å²) in [5.41, 5.74) is -1.93. The van der Waals surface area contributed by atoms with E-state index >= 15 is 0 Å². The second-order valence-electron chi connectivity index (χ2n) is 11.4. The Kier molecular flexibility index (Phi) is 10.6. The van der Waals surface area contributed by atoms with Crippen LogP contribution in [0.3, 0.4) is 0 Å². The van der Waals surface area contributed by atoms with Crippen LogP contribution in [-0.2, 0) is 23.9 Å². The third kappa shape index (κ3) is 5.57. The van der Waals surface area contributed by atoms with Crippen molar-refractivity contribution < 1.29 is 29.0 Å². The summed E-state index contributed by atoms with van der Waals surface area (Å²) in [6, 6.07) is -0.793. The van der Waals surface area contributed by atoms with Gasteiger partial charge < -0.3 is 24.4 Å². The third-order valence-corrected chi connectivity index (χ3v) is 8.85. The average molecular weight is 533 g/mol. The van der Waals surface area contributed by atoms with E-state index in [2.05, 4.69) is 20.1 Å². The normalized spacial score (nSPS) is 31.4. The summed E-state index contributed by atoms with van der Waals surface area (Å²) < 4.78 is 12.4. The van der Waals surface area contributed by atoms with E-state index in [0.717, 1.165) is 32.1 Å². The molecule has 2 amide bonds. The number of likely N-dealkylation sites (tertiary alicyclic amines) is 1. The minimum Gasteiger partial charge on any atom is -0.465 e. The Bertz CT molecular complexity index is 877. The van der Waals surface area contributed by atoms with Gasteiger partial charge in [0.15, 0.2) is 0 Å². The number of aliphatic hydroxyl groups is 1. The van der Waals surface area contributed by atoms with Crippen molar-refractivity contribution in [3.05, 3.63) is 25.3 Å². The fourth-order valence-electron chi connectivity index (χ4n) is 6.85. The second kappa shape index (κ2) is 13.2. The van der Waals surface area contributed by atoms with E-state index in [0.29, 0.717) is 45.3 Å². The lowest BCUT2D eigenvalue weighted by molar-refractivity contribution is -0.162. The number of hydrogen-bond acceptors (Lipinski definition) is 6. The molecule has 3 aliphatic rings. The molecule has 0 aliphatic carbocycles. The molecule has 1 N–H and O–H groups in total. The Morgan fingerprint density at radius 1 is 1.18 bits per heavy atom. The van der Waals surface area contributed by atoms with Crippen molar-refractivity contribution in [2.24, 2.45) is 17.8 Å². The fourth-order valence-corrected chi connectivity index (χ4v) is 6.85. The Labute approximate surface area is 228 Å². The lowest BCUT2D eigenvalue weighted by Crippen LogP contribution is -2.56. The minimum absolute atomic E-state index is 0.0186. The van der Waals surface area contributed by atoms with E-state index in [4.69, 9.17) is 9.47 Å². The Hall–Kier alpha value is -2.19. The molecule has 0 aromatic carbocycles. The Morgan fingerprint density at radius 3 is 2.61 bits per heavy atom. The molecule has 3 rings (SSSR count). The molecule has 214 valence electrons. The molecule has 6 atom stereocenters. The number of ether oxygens (including phenoxy) is 2. The van der Waals surface area contributed by atoms with Crippen LogP contribution in [0.1, 0.15) is 78.6 Å². The van der Waals surface area contributed by atoms with E-state index in [1.165, 1.54) is 0 Å². The van der Waals surface area contributed by atoms with Crippen LogP contribution < -0.4 is 0 Å².